The monoisotopic (exact) mass is 269 g/mol. The highest BCUT2D eigenvalue weighted by Crippen LogP contribution is 2.19. The van der Waals surface area contributed by atoms with Crippen LogP contribution in [0.2, 0.25) is 0 Å². The van der Waals surface area contributed by atoms with E-state index in [2.05, 4.69) is 61.6 Å². The predicted octanol–water partition coefficient (Wildman–Crippen LogP) is 5.11. The first kappa shape index (κ1) is 16.5. The minimum absolute atomic E-state index is 0.641. The molecule has 20 heavy (non-hydrogen) atoms. The van der Waals surface area contributed by atoms with Gasteiger partial charge in [-0.3, -0.25) is 0 Å². The van der Waals surface area contributed by atoms with Crippen LogP contribution < -0.4 is 5.73 Å². The van der Waals surface area contributed by atoms with Crippen LogP contribution in [0, 0.1) is 0 Å². The first-order valence-electron chi connectivity index (χ1n) is 7.63. The average molecular weight is 269 g/mol. The number of rotatable bonds is 9. The Labute approximate surface area is 123 Å². The third-order valence-corrected chi connectivity index (χ3v) is 3.13. The van der Waals surface area contributed by atoms with Gasteiger partial charge >= 0.3 is 0 Å². The highest BCUT2D eigenvalue weighted by Gasteiger charge is 1.97. The van der Waals surface area contributed by atoms with Crippen LogP contribution in [0.25, 0.3) is 5.57 Å². The Bertz CT molecular complexity index is 426. The van der Waals surface area contributed by atoms with Crippen molar-refractivity contribution in [1.82, 2.24) is 0 Å². The third-order valence-electron chi connectivity index (χ3n) is 3.13. The van der Waals surface area contributed by atoms with Crippen LogP contribution in [0.15, 0.2) is 60.7 Å². The highest BCUT2D eigenvalue weighted by atomic mass is 14.5. The van der Waals surface area contributed by atoms with Gasteiger partial charge in [0.1, 0.15) is 0 Å². The van der Waals surface area contributed by atoms with Crippen molar-refractivity contribution in [3.8, 4) is 0 Å². The van der Waals surface area contributed by atoms with E-state index >= 15 is 0 Å². The molecule has 0 bridgehead atoms. The maximum Gasteiger partial charge on any atom is 0.0106 e. The molecule has 1 aromatic carbocycles. The molecule has 1 nitrogen and oxygen atoms in total. The Morgan fingerprint density at radius 1 is 0.950 bits per heavy atom. The fraction of sp³-hybridized carbons (Fsp3) is 0.368. The lowest BCUT2D eigenvalue weighted by molar-refractivity contribution is 0.957. The average Bonchev–Trinajstić information content (AvgIpc) is 2.50. The molecule has 0 spiro atoms. The largest absolute Gasteiger partial charge is 0.327 e. The van der Waals surface area contributed by atoms with Gasteiger partial charge in [0.2, 0.25) is 0 Å². The Balaban J connectivity index is 2.50. The van der Waals surface area contributed by atoms with Gasteiger partial charge in [-0.15, -0.1) is 0 Å². The fourth-order valence-electron chi connectivity index (χ4n) is 2.02. The Kier molecular flexibility index (Phi) is 9.25. The number of unbranched alkanes of at least 4 members (excludes halogenated alkanes) is 2. The molecule has 1 heteroatoms. The van der Waals surface area contributed by atoms with E-state index in [-0.39, 0.29) is 0 Å². The van der Waals surface area contributed by atoms with Gasteiger partial charge in [0, 0.05) is 6.54 Å². The van der Waals surface area contributed by atoms with Crippen LogP contribution in [-0.4, -0.2) is 6.54 Å². The van der Waals surface area contributed by atoms with Crippen LogP contribution >= 0.6 is 0 Å². The van der Waals surface area contributed by atoms with Crippen molar-refractivity contribution in [2.24, 2.45) is 5.73 Å². The van der Waals surface area contributed by atoms with Gasteiger partial charge < -0.3 is 5.73 Å². The lowest BCUT2D eigenvalue weighted by Crippen LogP contribution is -1.91. The number of nitrogens with two attached hydrogens (primary N) is 1. The van der Waals surface area contributed by atoms with Crippen LogP contribution in [0.5, 0.6) is 0 Å². The summed E-state index contributed by atoms with van der Waals surface area (Å²) in [4.78, 5) is 0. The van der Waals surface area contributed by atoms with E-state index in [0.29, 0.717) is 6.54 Å². The molecule has 0 amide bonds. The van der Waals surface area contributed by atoms with E-state index in [4.69, 9.17) is 5.73 Å². The Hall–Kier alpha value is -1.60. The van der Waals surface area contributed by atoms with Crippen molar-refractivity contribution in [1.29, 1.82) is 0 Å². The van der Waals surface area contributed by atoms with E-state index < -0.39 is 0 Å². The van der Waals surface area contributed by atoms with Gasteiger partial charge in [0.05, 0.1) is 0 Å². The minimum atomic E-state index is 0.641. The summed E-state index contributed by atoms with van der Waals surface area (Å²) < 4.78 is 0. The van der Waals surface area contributed by atoms with Crippen molar-refractivity contribution >= 4 is 5.57 Å². The van der Waals surface area contributed by atoms with Crippen molar-refractivity contribution in [2.45, 2.75) is 39.0 Å². The summed E-state index contributed by atoms with van der Waals surface area (Å²) >= 11 is 0. The first-order valence-corrected chi connectivity index (χ1v) is 7.63. The summed E-state index contributed by atoms with van der Waals surface area (Å²) in [5.41, 5.74) is 8.18. The number of allylic oxidation sites excluding steroid dienone is 5. The molecule has 108 valence electrons. The lowest BCUT2D eigenvalue weighted by atomic mass is 10.0. The Morgan fingerprint density at radius 3 is 2.30 bits per heavy atom. The van der Waals surface area contributed by atoms with Crippen LogP contribution in [0.4, 0.5) is 0 Å². The number of hydrogen-bond donors (Lipinski definition) is 1. The molecular formula is C19H27N. The minimum Gasteiger partial charge on any atom is -0.327 e. The van der Waals surface area contributed by atoms with Crippen molar-refractivity contribution in [3.05, 3.63) is 66.3 Å². The van der Waals surface area contributed by atoms with Crippen LogP contribution in [0.3, 0.4) is 0 Å². The summed E-state index contributed by atoms with van der Waals surface area (Å²) in [5.74, 6) is 0. The molecule has 0 saturated heterocycles. The zero-order chi connectivity index (χ0) is 14.5. The molecule has 0 aliphatic rings. The Morgan fingerprint density at radius 2 is 1.65 bits per heavy atom. The third kappa shape index (κ3) is 7.10. The van der Waals surface area contributed by atoms with E-state index in [9.17, 15) is 0 Å². The molecule has 0 heterocycles. The second-order valence-electron chi connectivity index (χ2n) is 4.84. The standard InChI is InChI=1S/C19H27N/c1-2-3-13-18(19-15-10-8-11-16-19)14-9-6-4-5-7-12-17-20/h6-13,15-16H,2-5,14,17,20H2,1H3. The molecular weight excluding hydrogens is 242 g/mol. The molecule has 0 aliphatic carbocycles. The van der Waals surface area contributed by atoms with E-state index in [1.807, 2.05) is 6.08 Å². The van der Waals surface area contributed by atoms with E-state index in [1.165, 1.54) is 17.6 Å². The molecule has 0 fully saturated rings. The summed E-state index contributed by atoms with van der Waals surface area (Å²) in [6.07, 6.45) is 16.6. The first-order chi connectivity index (χ1) is 9.88. The van der Waals surface area contributed by atoms with Crippen LogP contribution in [0.1, 0.15) is 44.6 Å². The molecule has 0 saturated carbocycles. The topological polar surface area (TPSA) is 26.0 Å². The molecule has 0 unspecified atom stereocenters. The molecule has 2 N–H and O–H groups in total. The highest BCUT2D eigenvalue weighted by molar-refractivity contribution is 5.66. The molecule has 1 rings (SSSR count). The van der Waals surface area contributed by atoms with E-state index in [0.717, 1.165) is 25.7 Å². The van der Waals surface area contributed by atoms with Gasteiger partial charge in [-0.2, -0.15) is 0 Å². The molecule has 0 atom stereocenters. The normalized spacial score (nSPS) is 12.6. The van der Waals surface area contributed by atoms with Crippen LogP contribution in [-0.2, 0) is 0 Å². The second kappa shape index (κ2) is 11.2. The van der Waals surface area contributed by atoms with Gasteiger partial charge in [-0.05, 0) is 36.8 Å². The summed E-state index contributed by atoms with van der Waals surface area (Å²) in [7, 11) is 0. The zero-order valence-electron chi connectivity index (χ0n) is 12.6. The van der Waals surface area contributed by atoms with Gasteiger partial charge in [0.25, 0.3) is 0 Å². The van der Waals surface area contributed by atoms with Gasteiger partial charge in [0.15, 0.2) is 0 Å². The smallest absolute Gasteiger partial charge is 0.0106 e. The predicted molar refractivity (Wildman–Crippen MR) is 90.5 cm³/mol. The van der Waals surface area contributed by atoms with Crippen molar-refractivity contribution < 1.29 is 0 Å². The molecule has 0 radical (unpaired) electrons. The van der Waals surface area contributed by atoms with Gasteiger partial charge in [-0.1, -0.05) is 74.1 Å². The summed E-state index contributed by atoms with van der Waals surface area (Å²) in [6, 6.07) is 10.7. The quantitative estimate of drug-likeness (QED) is 0.489. The van der Waals surface area contributed by atoms with Crippen molar-refractivity contribution in [2.75, 3.05) is 6.54 Å². The number of benzene rings is 1. The summed E-state index contributed by atoms with van der Waals surface area (Å²) in [6.45, 7) is 2.86. The number of hydrogen-bond acceptors (Lipinski definition) is 1. The molecule has 0 aromatic heterocycles. The molecule has 0 aliphatic heterocycles. The zero-order valence-corrected chi connectivity index (χ0v) is 12.6. The lowest BCUT2D eigenvalue weighted by Gasteiger charge is -2.05. The second-order valence-corrected chi connectivity index (χ2v) is 4.84. The SMILES string of the molecule is CCCC=C(CC=CCCC=CCN)c1ccccc1. The fourth-order valence-corrected chi connectivity index (χ4v) is 2.02. The maximum atomic E-state index is 5.41. The van der Waals surface area contributed by atoms with Crippen molar-refractivity contribution in [3.63, 3.8) is 0 Å². The van der Waals surface area contributed by atoms with E-state index in [1.54, 1.807) is 0 Å². The molecule has 1 aromatic rings. The maximum absolute atomic E-state index is 5.41. The van der Waals surface area contributed by atoms with Gasteiger partial charge in [-0.25, -0.2) is 0 Å². The summed E-state index contributed by atoms with van der Waals surface area (Å²) in [5, 5.41) is 0.